The number of hydrogen-bond donors (Lipinski definition) is 2. The number of nitrogens with zero attached hydrogens (tertiary/aromatic N) is 3. The number of nitrogens with two attached hydrogens (primary N) is 1. The highest BCUT2D eigenvalue weighted by atomic mass is 35.5. The number of rotatable bonds is 3. The van der Waals surface area contributed by atoms with Gasteiger partial charge in [0.1, 0.15) is 5.56 Å². The maximum Gasteiger partial charge on any atom is 0.261 e. The van der Waals surface area contributed by atoms with Gasteiger partial charge in [0.05, 0.1) is 15.7 Å². The molecular weight excluding hydrogens is 337 g/mol. The van der Waals surface area contributed by atoms with E-state index in [9.17, 15) is 4.79 Å². The molecule has 1 aromatic carbocycles. The number of aromatic nitrogens is 2. The first-order valence-electron chi connectivity index (χ1n) is 5.66. The average molecular weight is 347 g/mol. The number of carbonyl (C=O) groups is 1. The Hall–Kier alpha value is -1.60. The smallest absolute Gasteiger partial charge is 0.261 e. The van der Waals surface area contributed by atoms with Crippen molar-refractivity contribution in [3.8, 4) is 0 Å². The van der Waals surface area contributed by atoms with Crippen LogP contribution in [-0.2, 0) is 0 Å². The minimum atomic E-state index is -0.506. The number of carbonyl (C=O) groups excluding carboxylic acids is 1. The van der Waals surface area contributed by atoms with Crippen LogP contribution in [0.25, 0.3) is 0 Å². The number of hydrazine groups is 1. The van der Waals surface area contributed by atoms with E-state index in [4.69, 9.17) is 40.6 Å². The molecule has 2 rings (SSSR count). The van der Waals surface area contributed by atoms with E-state index in [0.717, 1.165) is 5.01 Å². The van der Waals surface area contributed by atoms with Crippen molar-refractivity contribution in [3.05, 3.63) is 45.3 Å². The first kappa shape index (κ1) is 15.8. The van der Waals surface area contributed by atoms with Crippen molar-refractivity contribution in [2.24, 2.45) is 5.84 Å². The summed E-state index contributed by atoms with van der Waals surface area (Å²) in [6, 6.07) is 4.89. The number of anilines is 2. The Morgan fingerprint density at radius 2 is 1.90 bits per heavy atom. The Morgan fingerprint density at radius 1 is 1.29 bits per heavy atom. The fourth-order valence-corrected chi connectivity index (χ4v) is 2.20. The minimum Gasteiger partial charge on any atom is -0.319 e. The maximum atomic E-state index is 12.3. The predicted octanol–water partition coefficient (Wildman–Crippen LogP) is 3.00. The molecule has 1 aromatic heterocycles. The molecule has 0 unspecified atom stereocenters. The third kappa shape index (κ3) is 3.54. The van der Waals surface area contributed by atoms with Crippen molar-refractivity contribution in [3.63, 3.8) is 0 Å². The van der Waals surface area contributed by atoms with E-state index in [1.165, 1.54) is 13.2 Å². The molecule has 3 N–H and O–H groups in total. The Labute approximate surface area is 135 Å². The van der Waals surface area contributed by atoms with Gasteiger partial charge in [0, 0.05) is 13.2 Å². The largest absolute Gasteiger partial charge is 0.319 e. The van der Waals surface area contributed by atoms with Crippen LogP contribution in [0, 0.1) is 0 Å². The SMILES string of the molecule is CN(N)c1nc(Cl)ncc1C(=O)Nc1c(Cl)cccc1Cl. The molecule has 0 aliphatic heterocycles. The van der Waals surface area contributed by atoms with Crippen LogP contribution in [-0.4, -0.2) is 22.9 Å². The van der Waals surface area contributed by atoms with Crippen LogP contribution < -0.4 is 16.2 Å². The number of nitrogens with one attached hydrogen (secondary N) is 1. The van der Waals surface area contributed by atoms with Crippen LogP contribution in [0.15, 0.2) is 24.4 Å². The molecule has 0 aliphatic rings. The summed E-state index contributed by atoms with van der Waals surface area (Å²) in [5.74, 6) is 5.30. The van der Waals surface area contributed by atoms with Gasteiger partial charge in [0.2, 0.25) is 5.28 Å². The number of halogens is 3. The Balaban J connectivity index is 2.37. The van der Waals surface area contributed by atoms with Gasteiger partial charge in [-0.05, 0) is 23.7 Å². The predicted molar refractivity (Wildman–Crippen MR) is 84.0 cm³/mol. The molecule has 0 bridgehead atoms. The van der Waals surface area contributed by atoms with E-state index in [0.29, 0.717) is 15.7 Å². The molecule has 9 heteroatoms. The second-order valence-corrected chi connectivity index (χ2v) is 5.19. The fraction of sp³-hybridized carbons (Fsp3) is 0.0833. The molecule has 110 valence electrons. The summed E-state index contributed by atoms with van der Waals surface area (Å²) < 4.78 is 0. The maximum absolute atomic E-state index is 12.3. The first-order chi connectivity index (χ1) is 9.90. The molecule has 0 aliphatic carbocycles. The second-order valence-electron chi connectivity index (χ2n) is 4.04. The van der Waals surface area contributed by atoms with Crippen LogP contribution >= 0.6 is 34.8 Å². The van der Waals surface area contributed by atoms with Crippen LogP contribution in [0.1, 0.15) is 10.4 Å². The summed E-state index contributed by atoms with van der Waals surface area (Å²) in [7, 11) is 1.53. The van der Waals surface area contributed by atoms with Gasteiger partial charge < -0.3 is 5.32 Å². The van der Waals surface area contributed by atoms with Gasteiger partial charge in [0.15, 0.2) is 5.82 Å². The lowest BCUT2D eigenvalue weighted by Crippen LogP contribution is -2.29. The van der Waals surface area contributed by atoms with Crippen molar-refractivity contribution in [2.45, 2.75) is 0 Å². The van der Waals surface area contributed by atoms with E-state index >= 15 is 0 Å². The zero-order valence-corrected chi connectivity index (χ0v) is 13.0. The molecule has 21 heavy (non-hydrogen) atoms. The molecule has 1 amide bonds. The summed E-state index contributed by atoms with van der Waals surface area (Å²) in [4.78, 5) is 20.0. The zero-order chi connectivity index (χ0) is 15.6. The summed E-state index contributed by atoms with van der Waals surface area (Å²) in [5, 5.41) is 4.37. The van der Waals surface area contributed by atoms with Gasteiger partial charge >= 0.3 is 0 Å². The van der Waals surface area contributed by atoms with Crippen LogP contribution in [0.5, 0.6) is 0 Å². The van der Waals surface area contributed by atoms with Crippen molar-refractivity contribution >= 4 is 52.2 Å². The van der Waals surface area contributed by atoms with Gasteiger partial charge in [-0.15, -0.1) is 0 Å². The summed E-state index contributed by atoms with van der Waals surface area (Å²) in [6.07, 6.45) is 1.27. The van der Waals surface area contributed by atoms with Crippen molar-refractivity contribution in [1.29, 1.82) is 0 Å². The Morgan fingerprint density at radius 3 is 2.48 bits per heavy atom. The van der Waals surface area contributed by atoms with Gasteiger partial charge in [-0.25, -0.2) is 10.8 Å². The van der Waals surface area contributed by atoms with E-state index in [2.05, 4.69) is 15.3 Å². The lowest BCUT2D eigenvalue weighted by atomic mass is 10.2. The fourth-order valence-electron chi connectivity index (χ4n) is 1.58. The monoisotopic (exact) mass is 345 g/mol. The third-order valence-corrected chi connectivity index (χ3v) is 3.33. The molecule has 0 radical (unpaired) electrons. The lowest BCUT2D eigenvalue weighted by Gasteiger charge is -2.15. The van der Waals surface area contributed by atoms with Crippen LogP contribution in [0.2, 0.25) is 15.3 Å². The van der Waals surface area contributed by atoms with Gasteiger partial charge in [-0.2, -0.15) is 4.98 Å². The number of benzene rings is 1. The van der Waals surface area contributed by atoms with Gasteiger partial charge in [-0.1, -0.05) is 29.3 Å². The number of amides is 1. The summed E-state index contributed by atoms with van der Waals surface area (Å²) in [5.41, 5.74) is 0.437. The molecule has 0 fully saturated rings. The molecular formula is C12H10Cl3N5O. The van der Waals surface area contributed by atoms with Crippen LogP contribution in [0.4, 0.5) is 11.5 Å². The van der Waals surface area contributed by atoms with Crippen molar-refractivity contribution in [2.75, 3.05) is 17.4 Å². The first-order valence-corrected chi connectivity index (χ1v) is 6.80. The van der Waals surface area contributed by atoms with Gasteiger partial charge in [0.25, 0.3) is 5.91 Å². The Kier molecular flexibility index (Phi) is 4.84. The van der Waals surface area contributed by atoms with E-state index in [-0.39, 0.29) is 16.7 Å². The number of hydrogen-bond acceptors (Lipinski definition) is 5. The van der Waals surface area contributed by atoms with Crippen molar-refractivity contribution < 1.29 is 4.79 Å². The quantitative estimate of drug-likeness (QED) is 0.507. The molecule has 0 spiro atoms. The molecule has 6 nitrogen and oxygen atoms in total. The lowest BCUT2D eigenvalue weighted by molar-refractivity contribution is 0.102. The summed E-state index contributed by atoms with van der Waals surface area (Å²) >= 11 is 17.7. The van der Waals surface area contributed by atoms with E-state index in [1.807, 2.05) is 0 Å². The molecule has 0 saturated heterocycles. The normalized spacial score (nSPS) is 10.3. The zero-order valence-electron chi connectivity index (χ0n) is 10.8. The highest BCUT2D eigenvalue weighted by Crippen LogP contribution is 2.30. The minimum absolute atomic E-state index is 0.0189. The molecule has 0 saturated carbocycles. The van der Waals surface area contributed by atoms with E-state index < -0.39 is 5.91 Å². The van der Waals surface area contributed by atoms with E-state index in [1.54, 1.807) is 18.2 Å². The molecule has 2 aromatic rings. The Bertz CT molecular complexity index is 672. The standard InChI is InChI=1S/C12H10Cl3N5O/c1-20(16)10-6(5-17-12(15)19-10)11(21)18-9-7(13)3-2-4-8(9)14/h2-5H,16H2,1H3,(H,18,21). The summed E-state index contributed by atoms with van der Waals surface area (Å²) in [6.45, 7) is 0. The van der Waals surface area contributed by atoms with Gasteiger partial charge in [-0.3, -0.25) is 9.80 Å². The average Bonchev–Trinajstić information content (AvgIpc) is 2.42. The highest BCUT2D eigenvalue weighted by Gasteiger charge is 2.18. The van der Waals surface area contributed by atoms with Crippen molar-refractivity contribution in [1.82, 2.24) is 9.97 Å². The number of para-hydroxylation sites is 1. The van der Waals surface area contributed by atoms with Crippen LogP contribution in [0.3, 0.4) is 0 Å². The molecule has 0 atom stereocenters. The third-order valence-electron chi connectivity index (χ3n) is 2.52. The molecule has 1 heterocycles. The highest BCUT2D eigenvalue weighted by molar-refractivity contribution is 6.40. The topological polar surface area (TPSA) is 84.1 Å². The second kappa shape index (κ2) is 6.44.